The fourth-order valence-electron chi connectivity index (χ4n) is 2.32. The Kier molecular flexibility index (Phi) is 4.62. The van der Waals surface area contributed by atoms with Crippen LogP contribution in [0.3, 0.4) is 0 Å². The average molecular weight is 375 g/mol. The van der Waals surface area contributed by atoms with Crippen molar-refractivity contribution in [2.24, 2.45) is 4.99 Å². The third-order valence-electron chi connectivity index (χ3n) is 3.48. The molecule has 0 amide bonds. The molecule has 0 unspecified atom stereocenters. The van der Waals surface area contributed by atoms with Crippen molar-refractivity contribution in [2.45, 2.75) is 6.54 Å². The number of ether oxygens (including phenoxy) is 1. The van der Waals surface area contributed by atoms with Crippen molar-refractivity contribution in [3.63, 3.8) is 0 Å². The number of benzene rings is 1. The van der Waals surface area contributed by atoms with Crippen LogP contribution < -0.4 is 15.5 Å². The molecule has 23 heavy (non-hydrogen) atoms. The summed E-state index contributed by atoms with van der Waals surface area (Å²) in [5.41, 5.74) is 3.11. The summed E-state index contributed by atoms with van der Waals surface area (Å²) in [7, 11) is 1.44. The van der Waals surface area contributed by atoms with E-state index >= 15 is 0 Å². The topological polar surface area (TPSA) is 63.8 Å². The summed E-state index contributed by atoms with van der Waals surface area (Å²) in [5.74, 6) is 0.744. The Labute approximate surface area is 141 Å². The van der Waals surface area contributed by atoms with E-state index in [9.17, 15) is 4.79 Å². The monoisotopic (exact) mass is 374 g/mol. The minimum Gasteiger partial charge on any atom is -0.490 e. The van der Waals surface area contributed by atoms with Gasteiger partial charge in [0.15, 0.2) is 0 Å². The number of hydrogen-bond acceptors (Lipinski definition) is 5. The highest BCUT2D eigenvalue weighted by Gasteiger charge is 2.11. The lowest BCUT2D eigenvalue weighted by molar-refractivity contribution is 0.377. The van der Waals surface area contributed by atoms with Crippen LogP contribution in [-0.2, 0) is 6.54 Å². The SMILES string of the molecule is COc1coc(CNC=C2CN=Cc3ccc(Br)cc32)cc1=O. The molecule has 0 atom stereocenters. The highest BCUT2D eigenvalue weighted by molar-refractivity contribution is 9.10. The maximum absolute atomic E-state index is 11.7. The standard InChI is InChI=1S/C17H15BrN2O3/c1-22-17-10-23-14(5-16(17)21)9-20-8-12-7-19-6-11-2-3-13(18)4-15(11)12/h2-6,8,10,20H,7,9H2,1H3. The number of rotatable bonds is 4. The number of nitrogens with zero attached hydrogens (tertiary/aromatic N) is 1. The first kappa shape index (κ1) is 15.6. The average Bonchev–Trinajstić information content (AvgIpc) is 2.55. The van der Waals surface area contributed by atoms with Crippen molar-refractivity contribution in [1.82, 2.24) is 5.32 Å². The van der Waals surface area contributed by atoms with Crippen molar-refractivity contribution in [3.8, 4) is 5.75 Å². The van der Waals surface area contributed by atoms with Crippen LogP contribution in [0.4, 0.5) is 0 Å². The number of aliphatic imine (C=N–C) groups is 1. The number of fused-ring (bicyclic) bond motifs is 1. The molecule has 3 rings (SSSR count). The maximum Gasteiger partial charge on any atom is 0.227 e. The van der Waals surface area contributed by atoms with Crippen molar-refractivity contribution in [1.29, 1.82) is 0 Å². The van der Waals surface area contributed by atoms with Crippen LogP contribution in [0.5, 0.6) is 5.75 Å². The van der Waals surface area contributed by atoms with Gasteiger partial charge in [-0.05, 0) is 28.8 Å². The van der Waals surface area contributed by atoms with Gasteiger partial charge in [0.05, 0.1) is 20.2 Å². The van der Waals surface area contributed by atoms with Gasteiger partial charge in [-0.3, -0.25) is 9.79 Å². The molecule has 0 spiro atoms. The molecule has 2 heterocycles. The first-order valence-corrected chi connectivity index (χ1v) is 7.84. The molecule has 1 aliphatic rings. The summed E-state index contributed by atoms with van der Waals surface area (Å²) >= 11 is 3.49. The fraction of sp³-hybridized carbons (Fsp3) is 0.176. The van der Waals surface area contributed by atoms with E-state index in [4.69, 9.17) is 9.15 Å². The Balaban J connectivity index is 1.74. The summed E-state index contributed by atoms with van der Waals surface area (Å²) in [6.45, 7) is 1.03. The molecule has 0 saturated carbocycles. The van der Waals surface area contributed by atoms with Crippen LogP contribution in [0.1, 0.15) is 16.9 Å². The molecule has 0 radical (unpaired) electrons. The quantitative estimate of drug-likeness (QED) is 0.893. The summed E-state index contributed by atoms with van der Waals surface area (Å²) in [6.07, 6.45) is 5.11. The summed E-state index contributed by atoms with van der Waals surface area (Å²) in [6, 6.07) is 7.51. The van der Waals surface area contributed by atoms with Crippen molar-refractivity contribution in [2.75, 3.05) is 13.7 Å². The molecule has 0 aliphatic carbocycles. The van der Waals surface area contributed by atoms with E-state index in [1.165, 1.54) is 19.4 Å². The summed E-state index contributed by atoms with van der Waals surface area (Å²) in [4.78, 5) is 16.0. The smallest absolute Gasteiger partial charge is 0.227 e. The lowest BCUT2D eigenvalue weighted by Crippen LogP contribution is -2.12. The molecule has 1 aliphatic heterocycles. The molecule has 0 fully saturated rings. The Morgan fingerprint density at radius 3 is 3.09 bits per heavy atom. The number of methoxy groups -OCH3 is 1. The van der Waals surface area contributed by atoms with Gasteiger partial charge >= 0.3 is 0 Å². The molecule has 2 aromatic rings. The van der Waals surface area contributed by atoms with Gasteiger partial charge in [-0.2, -0.15) is 0 Å². The van der Waals surface area contributed by atoms with Crippen LogP contribution in [0.15, 0.2) is 55.4 Å². The van der Waals surface area contributed by atoms with E-state index in [1.54, 1.807) is 0 Å². The molecule has 6 heteroatoms. The van der Waals surface area contributed by atoms with Crippen molar-refractivity contribution in [3.05, 3.63) is 68.3 Å². The normalized spacial score (nSPS) is 14.6. The number of hydrogen-bond donors (Lipinski definition) is 1. The predicted octanol–water partition coefficient (Wildman–Crippen LogP) is 2.97. The first-order chi connectivity index (χ1) is 11.2. The molecule has 0 bridgehead atoms. The zero-order valence-electron chi connectivity index (χ0n) is 12.5. The minimum absolute atomic E-state index is 0.195. The Morgan fingerprint density at radius 2 is 2.30 bits per heavy atom. The Morgan fingerprint density at radius 1 is 1.43 bits per heavy atom. The van der Waals surface area contributed by atoms with Crippen LogP contribution >= 0.6 is 15.9 Å². The van der Waals surface area contributed by atoms with Gasteiger partial charge in [0.2, 0.25) is 11.2 Å². The summed E-state index contributed by atoms with van der Waals surface area (Å²) < 4.78 is 11.3. The number of nitrogens with one attached hydrogen (secondary N) is 1. The molecule has 0 saturated heterocycles. The largest absolute Gasteiger partial charge is 0.490 e. The fourth-order valence-corrected chi connectivity index (χ4v) is 2.69. The van der Waals surface area contributed by atoms with Gasteiger partial charge in [0, 0.05) is 23.0 Å². The molecule has 1 aromatic carbocycles. The van der Waals surface area contributed by atoms with Crippen LogP contribution in [-0.4, -0.2) is 19.9 Å². The predicted molar refractivity (Wildman–Crippen MR) is 92.9 cm³/mol. The van der Waals surface area contributed by atoms with Gasteiger partial charge in [-0.1, -0.05) is 22.0 Å². The van der Waals surface area contributed by atoms with Gasteiger partial charge < -0.3 is 14.5 Å². The lowest BCUT2D eigenvalue weighted by atomic mass is 9.99. The molecule has 5 nitrogen and oxygen atoms in total. The van der Waals surface area contributed by atoms with Gasteiger partial charge in [0.1, 0.15) is 12.0 Å². The molecular formula is C17H15BrN2O3. The highest BCUT2D eigenvalue weighted by Crippen LogP contribution is 2.25. The molecule has 1 N–H and O–H groups in total. The van der Waals surface area contributed by atoms with E-state index in [1.807, 2.05) is 24.5 Å². The third-order valence-corrected chi connectivity index (χ3v) is 3.97. The van der Waals surface area contributed by atoms with Crippen LogP contribution in [0, 0.1) is 0 Å². The Bertz CT molecular complexity index is 840. The van der Waals surface area contributed by atoms with Gasteiger partial charge in [0.25, 0.3) is 0 Å². The Hall–Kier alpha value is -2.34. The van der Waals surface area contributed by atoms with E-state index in [2.05, 4.69) is 32.3 Å². The highest BCUT2D eigenvalue weighted by atomic mass is 79.9. The molecular weight excluding hydrogens is 360 g/mol. The van der Waals surface area contributed by atoms with Crippen LogP contribution in [0.2, 0.25) is 0 Å². The minimum atomic E-state index is -0.195. The van der Waals surface area contributed by atoms with Crippen molar-refractivity contribution < 1.29 is 9.15 Å². The second-order valence-corrected chi connectivity index (χ2v) is 5.95. The maximum atomic E-state index is 11.7. The van der Waals surface area contributed by atoms with Crippen molar-refractivity contribution >= 4 is 27.7 Å². The molecule has 118 valence electrons. The van der Waals surface area contributed by atoms with E-state index < -0.39 is 0 Å². The zero-order valence-corrected chi connectivity index (χ0v) is 14.1. The molecule has 1 aromatic heterocycles. The zero-order chi connectivity index (χ0) is 16.2. The number of halogens is 1. The van der Waals surface area contributed by atoms with E-state index in [0.717, 1.165) is 21.2 Å². The first-order valence-electron chi connectivity index (χ1n) is 7.05. The third kappa shape index (κ3) is 3.53. The summed E-state index contributed by atoms with van der Waals surface area (Å²) in [5, 5.41) is 3.17. The lowest BCUT2D eigenvalue weighted by Gasteiger charge is -2.14. The van der Waals surface area contributed by atoms with E-state index in [0.29, 0.717) is 18.8 Å². The van der Waals surface area contributed by atoms with Gasteiger partial charge in [-0.25, -0.2) is 0 Å². The van der Waals surface area contributed by atoms with Gasteiger partial charge in [-0.15, -0.1) is 0 Å². The van der Waals surface area contributed by atoms with E-state index in [-0.39, 0.29) is 11.2 Å². The van der Waals surface area contributed by atoms with Crippen LogP contribution in [0.25, 0.3) is 5.57 Å². The second-order valence-electron chi connectivity index (χ2n) is 5.03. The second kappa shape index (κ2) is 6.83.